The number of benzene rings is 1. The Morgan fingerprint density at radius 1 is 1.23 bits per heavy atom. The zero-order valence-electron chi connectivity index (χ0n) is 17.5. The van der Waals surface area contributed by atoms with Crippen LogP contribution in [-0.4, -0.2) is 57.5 Å². The maximum atomic E-state index is 12.5. The normalized spacial score (nSPS) is 14.3. The van der Waals surface area contributed by atoms with E-state index in [1.165, 1.54) is 7.11 Å². The quantitative estimate of drug-likeness (QED) is 0.681. The van der Waals surface area contributed by atoms with E-state index in [2.05, 4.69) is 15.5 Å². The van der Waals surface area contributed by atoms with Gasteiger partial charge in [-0.05, 0) is 19.4 Å². The summed E-state index contributed by atoms with van der Waals surface area (Å²) in [6.45, 7) is 5.11. The van der Waals surface area contributed by atoms with E-state index >= 15 is 0 Å². The molecule has 31 heavy (non-hydrogen) atoms. The number of nitrogens with two attached hydrogens (primary N) is 1. The van der Waals surface area contributed by atoms with E-state index in [4.69, 9.17) is 15.2 Å². The van der Waals surface area contributed by atoms with Crippen LogP contribution >= 0.6 is 0 Å². The lowest BCUT2D eigenvalue weighted by Gasteiger charge is -2.28. The summed E-state index contributed by atoms with van der Waals surface area (Å²) < 4.78 is 12.6. The van der Waals surface area contributed by atoms with Gasteiger partial charge in [0.15, 0.2) is 11.6 Å². The Morgan fingerprint density at radius 2 is 1.94 bits per heavy atom. The molecule has 10 heteroatoms. The van der Waals surface area contributed by atoms with Gasteiger partial charge in [0.25, 0.3) is 0 Å². The summed E-state index contributed by atoms with van der Waals surface area (Å²) in [7, 11) is 1.34. The molecule has 10 nitrogen and oxygen atoms in total. The molecule has 0 saturated carbocycles. The molecule has 2 amide bonds. The van der Waals surface area contributed by atoms with Crippen LogP contribution < -0.4 is 11.1 Å². The van der Waals surface area contributed by atoms with Crippen molar-refractivity contribution in [3.8, 4) is 0 Å². The van der Waals surface area contributed by atoms with Gasteiger partial charge in [0.1, 0.15) is 6.04 Å². The third kappa shape index (κ3) is 6.02. The van der Waals surface area contributed by atoms with Crippen molar-refractivity contribution < 1.29 is 19.1 Å². The first-order valence-corrected chi connectivity index (χ1v) is 9.76. The van der Waals surface area contributed by atoms with Gasteiger partial charge in [-0.25, -0.2) is 4.79 Å². The van der Waals surface area contributed by atoms with Crippen LogP contribution in [0.25, 0.3) is 0 Å². The zero-order valence-corrected chi connectivity index (χ0v) is 17.5. The fraction of sp³-hybridized carbons (Fsp3) is 0.524. The topological polar surface area (TPSA) is 125 Å². The molecule has 1 aromatic carbocycles. The molecular formula is C21H32N6O4. The van der Waals surface area contributed by atoms with E-state index in [0.29, 0.717) is 31.3 Å². The van der Waals surface area contributed by atoms with Crippen molar-refractivity contribution in [1.82, 2.24) is 25.0 Å². The minimum Gasteiger partial charge on any atom is -0.453 e. The number of methoxy groups -OCH3 is 1. The monoisotopic (exact) mass is 432 g/mol. The maximum Gasteiger partial charge on any atom is 0.409 e. The van der Waals surface area contributed by atoms with Gasteiger partial charge in [-0.1, -0.05) is 37.8 Å². The van der Waals surface area contributed by atoms with Crippen LogP contribution in [0.2, 0.25) is 0 Å². The molecule has 1 aromatic heterocycles. The summed E-state index contributed by atoms with van der Waals surface area (Å²) in [4.78, 5) is 25.9. The van der Waals surface area contributed by atoms with E-state index in [1.807, 2.05) is 34.9 Å². The minimum absolute atomic E-state index is 0. The van der Waals surface area contributed by atoms with Gasteiger partial charge in [0.2, 0.25) is 5.91 Å². The molecular weight excluding hydrogens is 400 g/mol. The maximum absolute atomic E-state index is 12.5. The molecule has 0 radical (unpaired) electrons. The summed E-state index contributed by atoms with van der Waals surface area (Å²) in [5, 5.41) is 11.4. The Balaban J connectivity index is 0.00000341. The Hall–Kier alpha value is -2.98. The van der Waals surface area contributed by atoms with E-state index in [9.17, 15) is 9.59 Å². The Labute approximate surface area is 182 Å². The lowest BCUT2D eigenvalue weighted by molar-refractivity contribution is -0.126. The van der Waals surface area contributed by atoms with Crippen molar-refractivity contribution in [2.75, 3.05) is 20.3 Å². The number of nitrogens with one attached hydrogen (secondary N) is 1. The summed E-state index contributed by atoms with van der Waals surface area (Å²) in [6, 6.07) is 9.23. The highest BCUT2D eigenvalue weighted by Crippen LogP contribution is 2.20. The predicted octanol–water partition coefficient (Wildman–Crippen LogP) is 1.61. The number of carbonyl (C=O) groups is 2. The van der Waals surface area contributed by atoms with Crippen molar-refractivity contribution in [3.05, 3.63) is 47.5 Å². The van der Waals surface area contributed by atoms with Crippen molar-refractivity contribution in [2.45, 2.75) is 52.6 Å². The number of fused-ring (bicyclic) bond motifs is 1. The van der Waals surface area contributed by atoms with Gasteiger partial charge >= 0.3 is 6.09 Å². The fourth-order valence-electron chi connectivity index (χ4n) is 3.12. The highest BCUT2D eigenvalue weighted by Gasteiger charge is 2.31. The van der Waals surface area contributed by atoms with Gasteiger partial charge in [0, 0.05) is 13.1 Å². The SMILES string of the molecule is C.COC(=O)N1CCn2c(nnc2[C@@H](COCc2ccccc2)NC(=O)C(C)(C)N)C1. The number of hydrogen-bond donors (Lipinski definition) is 2. The highest BCUT2D eigenvalue weighted by molar-refractivity contribution is 5.85. The lowest BCUT2D eigenvalue weighted by atomic mass is 10.1. The Bertz CT molecular complexity index is 878. The van der Waals surface area contributed by atoms with Gasteiger partial charge in [0.05, 0.1) is 32.4 Å². The van der Waals surface area contributed by atoms with Gasteiger partial charge in [-0.15, -0.1) is 10.2 Å². The number of nitrogens with zero attached hydrogens (tertiary/aromatic N) is 4. The van der Waals surface area contributed by atoms with E-state index < -0.39 is 17.7 Å². The number of ether oxygens (including phenoxy) is 2. The number of hydrogen-bond acceptors (Lipinski definition) is 7. The number of aromatic nitrogens is 3. The van der Waals surface area contributed by atoms with E-state index in [1.54, 1.807) is 18.7 Å². The molecule has 0 bridgehead atoms. The van der Waals surface area contributed by atoms with Crippen molar-refractivity contribution in [1.29, 1.82) is 0 Å². The van der Waals surface area contributed by atoms with Crippen molar-refractivity contribution in [2.24, 2.45) is 5.73 Å². The van der Waals surface area contributed by atoms with Gasteiger partial charge < -0.3 is 25.1 Å². The smallest absolute Gasteiger partial charge is 0.409 e. The first-order valence-electron chi connectivity index (χ1n) is 9.76. The van der Waals surface area contributed by atoms with Crippen LogP contribution in [0.5, 0.6) is 0 Å². The zero-order chi connectivity index (χ0) is 21.7. The van der Waals surface area contributed by atoms with Crippen molar-refractivity contribution >= 4 is 12.0 Å². The number of carbonyl (C=O) groups excluding carboxylic acids is 2. The molecule has 2 heterocycles. The molecule has 0 spiro atoms. The fourth-order valence-corrected chi connectivity index (χ4v) is 3.12. The lowest BCUT2D eigenvalue weighted by Crippen LogP contribution is -2.51. The highest BCUT2D eigenvalue weighted by atomic mass is 16.5. The largest absolute Gasteiger partial charge is 0.453 e. The van der Waals surface area contributed by atoms with Crippen LogP contribution in [0.4, 0.5) is 4.79 Å². The number of rotatable bonds is 7. The first kappa shape index (κ1) is 24.3. The average molecular weight is 433 g/mol. The van der Waals surface area contributed by atoms with Crippen LogP contribution in [0.1, 0.15) is 44.5 Å². The molecule has 3 N–H and O–H groups in total. The van der Waals surface area contributed by atoms with Crippen LogP contribution in [0, 0.1) is 0 Å². The summed E-state index contributed by atoms with van der Waals surface area (Å²) in [5.74, 6) is 0.872. The molecule has 1 atom stereocenters. The summed E-state index contributed by atoms with van der Waals surface area (Å²) >= 11 is 0. The van der Waals surface area contributed by atoms with Crippen LogP contribution in [0.3, 0.4) is 0 Å². The third-order valence-corrected chi connectivity index (χ3v) is 4.81. The molecule has 0 saturated heterocycles. The Morgan fingerprint density at radius 3 is 2.58 bits per heavy atom. The second-order valence-electron chi connectivity index (χ2n) is 7.77. The number of amides is 2. The van der Waals surface area contributed by atoms with E-state index in [-0.39, 0.29) is 26.5 Å². The molecule has 170 valence electrons. The first-order chi connectivity index (χ1) is 14.3. The third-order valence-electron chi connectivity index (χ3n) is 4.81. The molecule has 0 fully saturated rings. The second kappa shape index (κ2) is 10.4. The molecule has 1 aliphatic rings. The molecule has 3 rings (SSSR count). The standard InChI is InChI=1S/C20H28N6O4.CH4/c1-20(2,21)18(27)22-15(13-30-12-14-7-5-4-6-8-14)17-24-23-16-11-25(19(28)29-3)9-10-26(16)17;/h4-8,15H,9-13,21H2,1-3H3,(H,22,27);1H4/t15-;/m1./s1. The second-order valence-corrected chi connectivity index (χ2v) is 7.77. The van der Waals surface area contributed by atoms with Crippen LogP contribution in [-0.2, 0) is 34.0 Å². The Kier molecular flexibility index (Phi) is 8.12. The molecule has 0 unspecified atom stereocenters. The molecule has 2 aromatic rings. The van der Waals surface area contributed by atoms with Crippen molar-refractivity contribution in [3.63, 3.8) is 0 Å². The summed E-state index contributed by atoms with van der Waals surface area (Å²) in [5.41, 5.74) is 5.93. The minimum atomic E-state index is -1.05. The molecule has 0 aliphatic carbocycles. The van der Waals surface area contributed by atoms with E-state index in [0.717, 1.165) is 5.56 Å². The van der Waals surface area contributed by atoms with Gasteiger partial charge in [-0.3, -0.25) is 9.69 Å². The van der Waals surface area contributed by atoms with Crippen LogP contribution in [0.15, 0.2) is 30.3 Å². The summed E-state index contributed by atoms with van der Waals surface area (Å²) in [6.07, 6.45) is -0.410. The predicted molar refractivity (Wildman–Crippen MR) is 115 cm³/mol. The molecule has 1 aliphatic heterocycles. The average Bonchev–Trinajstić information content (AvgIpc) is 3.15. The van der Waals surface area contributed by atoms with Gasteiger partial charge in [-0.2, -0.15) is 0 Å².